The summed E-state index contributed by atoms with van der Waals surface area (Å²) in [5.74, 6) is 0.480. The van der Waals surface area contributed by atoms with Crippen LogP contribution in [0.15, 0.2) is 61.7 Å². The summed E-state index contributed by atoms with van der Waals surface area (Å²) >= 11 is 0. The third-order valence-electron chi connectivity index (χ3n) is 3.43. The van der Waals surface area contributed by atoms with Crippen LogP contribution in [-0.2, 0) is 10.2 Å². The Morgan fingerprint density at radius 1 is 0.917 bits per heavy atom. The SMILES string of the molecule is C=C.CC.CC(=O)Oc1ccc(C(C)(C)c2ccc(O)cc2)cc1. The standard InChI is InChI=1S/C17H18O3.C2H6.C2H4/c1-12(18)20-16-10-6-14(7-11-16)17(2,3)13-4-8-15(19)9-5-13;2*1-2/h4-11,19H,1-3H3;1-2H3;1-2H2. The molecule has 1 N–H and O–H groups in total. The van der Waals surface area contributed by atoms with Crippen LogP contribution < -0.4 is 4.74 Å². The molecule has 0 aliphatic rings. The summed E-state index contributed by atoms with van der Waals surface area (Å²) in [5.41, 5.74) is 2.03. The Morgan fingerprint density at radius 3 is 1.67 bits per heavy atom. The zero-order valence-electron chi connectivity index (χ0n) is 15.3. The number of ether oxygens (including phenoxy) is 1. The molecule has 0 bridgehead atoms. The van der Waals surface area contributed by atoms with Crippen molar-refractivity contribution < 1.29 is 14.6 Å². The van der Waals surface area contributed by atoms with E-state index in [4.69, 9.17) is 4.74 Å². The Balaban J connectivity index is 0.00000123. The van der Waals surface area contributed by atoms with Crippen LogP contribution in [0.25, 0.3) is 0 Å². The maximum atomic E-state index is 10.9. The van der Waals surface area contributed by atoms with Gasteiger partial charge in [-0.15, -0.1) is 13.2 Å². The van der Waals surface area contributed by atoms with Crippen molar-refractivity contribution in [2.45, 2.75) is 40.0 Å². The van der Waals surface area contributed by atoms with Gasteiger partial charge in [-0.3, -0.25) is 4.79 Å². The number of hydrogen-bond donors (Lipinski definition) is 1. The smallest absolute Gasteiger partial charge is 0.308 e. The van der Waals surface area contributed by atoms with Crippen molar-refractivity contribution in [1.82, 2.24) is 0 Å². The molecule has 0 aliphatic carbocycles. The number of benzene rings is 2. The summed E-state index contributed by atoms with van der Waals surface area (Å²) in [5, 5.41) is 9.36. The second kappa shape index (κ2) is 10.3. The average molecular weight is 328 g/mol. The maximum absolute atomic E-state index is 10.9. The first-order valence-corrected chi connectivity index (χ1v) is 7.98. The van der Waals surface area contributed by atoms with E-state index in [0.717, 1.165) is 11.1 Å². The van der Waals surface area contributed by atoms with E-state index in [1.807, 2.05) is 38.1 Å². The highest BCUT2D eigenvalue weighted by molar-refractivity contribution is 5.69. The lowest BCUT2D eigenvalue weighted by atomic mass is 9.78. The van der Waals surface area contributed by atoms with E-state index in [2.05, 4.69) is 27.0 Å². The van der Waals surface area contributed by atoms with Crippen molar-refractivity contribution in [3.8, 4) is 11.5 Å². The Bertz CT molecular complexity index is 611. The molecule has 0 saturated carbocycles. The number of carbonyl (C=O) groups is 1. The minimum absolute atomic E-state index is 0.192. The lowest BCUT2D eigenvalue weighted by Crippen LogP contribution is -2.18. The van der Waals surface area contributed by atoms with Crippen molar-refractivity contribution in [2.24, 2.45) is 0 Å². The molecular formula is C21H28O3. The van der Waals surface area contributed by atoms with Gasteiger partial charge in [0.25, 0.3) is 0 Å². The lowest BCUT2D eigenvalue weighted by Gasteiger charge is -2.26. The van der Waals surface area contributed by atoms with Gasteiger partial charge in [0.2, 0.25) is 0 Å². The Morgan fingerprint density at radius 2 is 1.29 bits per heavy atom. The van der Waals surface area contributed by atoms with Crippen LogP contribution in [0.1, 0.15) is 45.7 Å². The fourth-order valence-corrected chi connectivity index (χ4v) is 2.15. The summed E-state index contributed by atoms with van der Waals surface area (Å²) in [6, 6.07) is 14.7. The molecule has 0 unspecified atom stereocenters. The molecule has 0 atom stereocenters. The van der Waals surface area contributed by atoms with Gasteiger partial charge < -0.3 is 9.84 Å². The third-order valence-corrected chi connectivity index (χ3v) is 3.43. The first-order valence-electron chi connectivity index (χ1n) is 7.98. The summed E-state index contributed by atoms with van der Waals surface area (Å²) < 4.78 is 5.03. The van der Waals surface area contributed by atoms with Crippen molar-refractivity contribution in [3.05, 3.63) is 72.8 Å². The van der Waals surface area contributed by atoms with Crippen LogP contribution in [0, 0.1) is 0 Å². The number of hydrogen-bond acceptors (Lipinski definition) is 3. The largest absolute Gasteiger partial charge is 0.508 e. The maximum Gasteiger partial charge on any atom is 0.308 e. The third kappa shape index (κ3) is 5.92. The first kappa shape index (κ1) is 21.4. The highest BCUT2D eigenvalue weighted by Crippen LogP contribution is 2.33. The second-order valence-electron chi connectivity index (χ2n) is 5.29. The van der Waals surface area contributed by atoms with Gasteiger partial charge in [0, 0.05) is 12.3 Å². The molecule has 0 saturated heterocycles. The number of esters is 1. The fourth-order valence-electron chi connectivity index (χ4n) is 2.15. The monoisotopic (exact) mass is 328 g/mol. The molecule has 24 heavy (non-hydrogen) atoms. The highest BCUT2D eigenvalue weighted by atomic mass is 16.5. The number of rotatable bonds is 3. The van der Waals surface area contributed by atoms with Gasteiger partial charge in [-0.2, -0.15) is 0 Å². The molecular weight excluding hydrogens is 300 g/mol. The minimum atomic E-state index is -0.324. The summed E-state index contributed by atoms with van der Waals surface area (Å²) in [7, 11) is 0. The zero-order chi connectivity index (χ0) is 18.8. The van der Waals surface area contributed by atoms with Gasteiger partial charge >= 0.3 is 5.97 Å². The molecule has 2 rings (SSSR count). The van der Waals surface area contributed by atoms with Crippen LogP contribution in [-0.4, -0.2) is 11.1 Å². The number of carbonyl (C=O) groups excluding carboxylic acids is 1. The van der Waals surface area contributed by atoms with E-state index in [1.165, 1.54) is 6.92 Å². The predicted octanol–water partition coefficient (Wildman–Crippen LogP) is 5.47. The van der Waals surface area contributed by atoms with Gasteiger partial charge in [0.1, 0.15) is 11.5 Å². The number of aromatic hydroxyl groups is 1. The summed E-state index contributed by atoms with van der Waals surface area (Å²) in [4.78, 5) is 10.9. The lowest BCUT2D eigenvalue weighted by molar-refractivity contribution is -0.131. The fraction of sp³-hybridized carbons (Fsp3) is 0.286. The molecule has 3 heteroatoms. The Kier molecular flexibility index (Phi) is 9.18. The second-order valence-corrected chi connectivity index (χ2v) is 5.29. The molecule has 130 valence electrons. The van der Waals surface area contributed by atoms with E-state index in [0.29, 0.717) is 5.75 Å². The number of phenols is 1. The van der Waals surface area contributed by atoms with Gasteiger partial charge in [0.05, 0.1) is 0 Å². The zero-order valence-corrected chi connectivity index (χ0v) is 15.3. The van der Waals surface area contributed by atoms with Crippen LogP contribution >= 0.6 is 0 Å². The molecule has 0 aliphatic heterocycles. The van der Waals surface area contributed by atoms with E-state index in [1.54, 1.807) is 24.3 Å². The minimum Gasteiger partial charge on any atom is -0.508 e. The van der Waals surface area contributed by atoms with Crippen molar-refractivity contribution >= 4 is 5.97 Å². The number of phenolic OH excluding ortho intramolecular Hbond substituents is 1. The molecule has 2 aromatic rings. The normalized spacial score (nSPS) is 9.71. The predicted molar refractivity (Wildman–Crippen MR) is 101 cm³/mol. The van der Waals surface area contributed by atoms with Gasteiger partial charge in [-0.25, -0.2) is 0 Å². The van der Waals surface area contributed by atoms with Crippen molar-refractivity contribution in [2.75, 3.05) is 0 Å². The van der Waals surface area contributed by atoms with E-state index in [9.17, 15) is 9.90 Å². The molecule has 0 heterocycles. The quantitative estimate of drug-likeness (QED) is 0.461. The molecule has 2 aromatic carbocycles. The van der Waals surface area contributed by atoms with E-state index >= 15 is 0 Å². The molecule has 0 spiro atoms. The summed E-state index contributed by atoms with van der Waals surface area (Å²) in [6.45, 7) is 15.6. The van der Waals surface area contributed by atoms with E-state index < -0.39 is 0 Å². The highest BCUT2D eigenvalue weighted by Gasteiger charge is 2.23. The van der Waals surface area contributed by atoms with Gasteiger partial charge in [-0.05, 0) is 35.4 Å². The Hall–Kier alpha value is -2.55. The van der Waals surface area contributed by atoms with Crippen molar-refractivity contribution in [3.63, 3.8) is 0 Å². The summed E-state index contributed by atoms with van der Waals surface area (Å²) in [6.07, 6.45) is 0. The molecule has 3 nitrogen and oxygen atoms in total. The van der Waals surface area contributed by atoms with Crippen LogP contribution in [0.3, 0.4) is 0 Å². The van der Waals surface area contributed by atoms with E-state index in [-0.39, 0.29) is 17.1 Å². The molecule has 0 aromatic heterocycles. The molecule has 0 radical (unpaired) electrons. The van der Waals surface area contributed by atoms with Gasteiger partial charge in [-0.1, -0.05) is 52.0 Å². The van der Waals surface area contributed by atoms with Crippen LogP contribution in [0.2, 0.25) is 0 Å². The Labute approximate surface area is 145 Å². The van der Waals surface area contributed by atoms with Crippen LogP contribution in [0.5, 0.6) is 11.5 Å². The average Bonchev–Trinajstić information content (AvgIpc) is 2.59. The topological polar surface area (TPSA) is 46.5 Å². The van der Waals surface area contributed by atoms with Gasteiger partial charge in [0.15, 0.2) is 0 Å². The van der Waals surface area contributed by atoms with Crippen LogP contribution in [0.4, 0.5) is 0 Å². The molecule has 0 amide bonds. The molecule has 0 fully saturated rings. The first-order chi connectivity index (χ1) is 11.4. The van der Waals surface area contributed by atoms with Crippen molar-refractivity contribution in [1.29, 1.82) is 0 Å².